The highest BCUT2D eigenvalue weighted by Gasteiger charge is 2.07. The Hall–Kier alpha value is -1.36. The average molecular weight is 321 g/mol. The highest BCUT2D eigenvalue weighted by molar-refractivity contribution is 6.31. The lowest BCUT2D eigenvalue weighted by Crippen LogP contribution is -2.39. The van der Waals surface area contributed by atoms with Gasteiger partial charge in [0, 0.05) is 41.5 Å². The predicted octanol–water partition coefficient (Wildman–Crippen LogP) is 3.58. The molecule has 1 unspecified atom stereocenters. The Kier molecular flexibility index (Phi) is 6.43. The molecule has 0 radical (unpaired) electrons. The number of nitrogens with zero attached hydrogens (tertiary/aromatic N) is 2. The second-order valence-electron chi connectivity index (χ2n) is 5.48. The molecule has 2 rings (SSSR count). The normalized spacial score (nSPS) is 12.8. The molecule has 0 saturated heterocycles. The smallest absolute Gasteiger partial charge is 0.0737 e. The molecule has 1 heterocycles. The van der Waals surface area contributed by atoms with Crippen molar-refractivity contribution in [1.29, 1.82) is 0 Å². The van der Waals surface area contributed by atoms with Crippen LogP contribution in [0.1, 0.15) is 20.8 Å². The van der Waals surface area contributed by atoms with Gasteiger partial charge in [-0.2, -0.15) is 0 Å². The van der Waals surface area contributed by atoms with E-state index in [1.54, 1.807) is 0 Å². The van der Waals surface area contributed by atoms with Crippen molar-refractivity contribution in [3.8, 4) is 0 Å². The first-order chi connectivity index (χ1) is 10.6. The van der Waals surface area contributed by atoms with Gasteiger partial charge in [-0.3, -0.25) is 9.88 Å². The van der Waals surface area contributed by atoms with Gasteiger partial charge < -0.3 is 10.6 Å². The Labute approximate surface area is 137 Å². The van der Waals surface area contributed by atoms with E-state index in [1.807, 2.05) is 30.5 Å². The zero-order valence-electron chi connectivity index (χ0n) is 13.6. The fraction of sp³-hybridized carbons (Fsp3) is 0.471. The van der Waals surface area contributed by atoms with E-state index in [0.717, 1.165) is 42.9 Å². The van der Waals surface area contributed by atoms with Gasteiger partial charge in [0.2, 0.25) is 0 Å². The lowest BCUT2D eigenvalue weighted by atomic mass is 10.1. The van der Waals surface area contributed by atoms with E-state index in [9.17, 15) is 0 Å². The van der Waals surface area contributed by atoms with E-state index < -0.39 is 0 Å². The number of benzene rings is 1. The Balaban J connectivity index is 1.95. The van der Waals surface area contributed by atoms with Crippen molar-refractivity contribution in [1.82, 2.24) is 15.2 Å². The fourth-order valence-electron chi connectivity index (χ4n) is 2.45. The van der Waals surface area contributed by atoms with Gasteiger partial charge in [0.1, 0.15) is 0 Å². The number of aromatic nitrogens is 1. The first kappa shape index (κ1) is 17.0. The molecule has 1 atom stereocenters. The van der Waals surface area contributed by atoms with E-state index in [2.05, 4.69) is 41.3 Å². The SMILES string of the molecule is CCN(CC)CNCC(C)Nc1ccnc2cc(Cl)ccc12. The van der Waals surface area contributed by atoms with Crippen LogP contribution in [0.4, 0.5) is 5.69 Å². The van der Waals surface area contributed by atoms with Crippen molar-refractivity contribution in [2.24, 2.45) is 0 Å². The maximum atomic E-state index is 6.03. The van der Waals surface area contributed by atoms with Crippen molar-refractivity contribution < 1.29 is 0 Å². The van der Waals surface area contributed by atoms with Gasteiger partial charge in [0.25, 0.3) is 0 Å². The first-order valence-electron chi connectivity index (χ1n) is 7.88. The Morgan fingerprint density at radius 1 is 1.23 bits per heavy atom. The van der Waals surface area contributed by atoms with Crippen LogP contribution >= 0.6 is 11.6 Å². The first-order valence-corrected chi connectivity index (χ1v) is 8.25. The van der Waals surface area contributed by atoms with Crippen LogP contribution in [0.25, 0.3) is 10.9 Å². The molecular weight excluding hydrogens is 296 g/mol. The molecule has 5 heteroatoms. The van der Waals surface area contributed by atoms with E-state index in [-0.39, 0.29) is 0 Å². The Bertz CT molecular complexity index is 598. The third kappa shape index (κ3) is 4.57. The largest absolute Gasteiger partial charge is 0.381 e. The monoisotopic (exact) mass is 320 g/mol. The number of hydrogen-bond donors (Lipinski definition) is 2. The second kappa shape index (κ2) is 8.32. The van der Waals surface area contributed by atoms with Gasteiger partial charge >= 0.3 is 0 Å². The summed E-state index contributed by atoms with van der Waals surface area (Å²) in [7, 11) is 0. The maximum absolute atomic E-state index is 6.03. The molecule has 0 amide bonds. The molecule has 2 aromatic rings. The molecule has 0 saturated carbocycles. The number of nitrogens with one attached hydrogen (secondary N) is 2. The predicted molar refractivity (Wildman–Crippen MR) is 95.6 cm³/mol. The van der Waals surface area contributed by atoms with Gasteiger partial charge in [-0.25, -0.2) is 0 Å². The quantitative estimate of drug-likeness (QED) is 0.729. The molecule has 2 N–H and O–H groups in total. The van der Waals surface area contributed by atoms with Crippen LogP contribution in [-0.2, 0) is 0 Å². The molecule has 0 aliphatic heterocycles. The van der Waals surface area contributed by atoms with Crippen LogP contribution in [0.2, 0.25) is 5.02 Å². The maximum Gasteiger partial charge on any atom is 0.0737 e. The van der Waals surface area contributed by atoms with Crippen molar-refractivity contribution in [3.63, 3.8) is 0 Å². The molecule has 22 heavy (non-hydrogen) atoms. The molecule has 1 aromatic carbocycles. The minimum absolute atomic E-state index is 0.330. The third-order valence-electron chi connectivity index (χ3n) is 3.79. The molecule has 120 valence electrons. The lowest BCUT2D eigenvalue weighted by Gasteiger charge is -2.22. The molecule has 1 aromatic heterocycles. The minimum atomic E-state index is 0.330. The zero-order chi connectivity index (χ0) is 15.9. The summed E-state index contributed by atoms with van der Waals surface area (Å²) < 4.78 is 0. The van der Waals surface area contributed by atoms with Crippen LogP contribution in [0.5, 0.6) is 0 Å². The summed E-state index contributed by atoms with van der Waals surface area (Å²) in [5, 5.41) is 8.85. The lowest BCUT2D eigenvalue weighted by molar-refractivity contribution is 0.278. The van der Waals surface area contributed by atoms with Gasteiger partial charge in [-0.05, 0) is 44.3 Å². The summed E-state index contributed by atoms with van der Waals surface area (Å²) in [6.45, 7) is 10.5. The summed E-state index contributed by atoms with van der Waals surface area (Å²) in [6.07, 6.45) is 1.82. The van der Waals surface area contributed by atoms with Gasteiger partial charge in [-0.15, -0.1) is 0 Å². The Morgan fingerprint density at radius 2 is 2.00 bits per heavy atom. The summed E-state index contributed by atoms with van der Waals surface area (Å²) in [5.41, 5.74) is 2.01. The third-order valence-corrected chi connectivity index (χ3v) is 4.02. The van der Waals surface area contributed by atoms with Crippen LogP contribution < -0.4 is 10.6 Å². The minimum Gasteiger partial charge on any atom is -0.381 e. The van der Waals surface area contributed by atoms with Crippen LogP contribution in [0.3, 0.4) is 0 Å². The topological polar surface area (TPSA) is 40.2 Å². The van der Waals surface area contributed by atoms with E-state index >= 15 is 0 Å². The molecule has 4 nitrogen and oxygen atoms in total. The number of pyridine rings is 1. The second-order valence-corrected chi connectivity index (χ2v) is 5.92. The molecular formula is C17H25ClN4. The average Bonchev–Trinajstić information content (AvgIpc) is 2.51. The van der Waals surface area contributed by atoms with Crippen LogP contribution in [-0.4, -0.2) is 42.2 Å². The zero-order valence-corrected chi connectivity index (χ0v) is 14.3. The van der Waals surface area contributed by atoms with Crippen molar-refractivity contribution in [3.05, 3.63) is 35.5 Å². The highest BCUT2D eigenvalue weighted by atomic mass is 35.5. The molecule has 0 aliphatic carbocycles. The van der Waals surface area contributed by atoms with Crippen LogP contribution in [0, 0.1) is 0 Å². The highest BCUT2D eigenvalue weighted by Crippen LogP contribution is 2.24. The molecule has 0 spiro atoms. The van der Waals surface area contributed by atoms with Gasteiger partial charge in [-0.1, -0.05) is 25.4 Å². The summed E-state index contributed by atoms with van der Waals surface area (Å²) in [4.78, 5) is 6.73. The van der Waals surface area contributed by atoms with E-state index in [1.165, 1.54) is 0 Å². The summed E-state index contributed by atoms with van der Waals surface area (Å²) in [6, 6.07) is 8.16. The van der Waals surface area contributed by atoms with Crippen LogP contribution in [0.15, 0.2) is 30.5 Å². The molecule has 0 fully saturated rings. The number of rotatable bonds is 8. The van der Waals surface area contributed by atoms with E-state index in [0.29, 0.717) is 11.1 Å². The van der Waals surface area contributed by atoms with Gasteiger partial charge in [0.15, 0.2) is 0 Å². The van der Waals surface area contributed by atoms with E-state index in [4.69, 9.17) is 11.6 Å². The number of hydrogen-bond acceptors (Lipinski definition) is 4. The molecule has 0 aliphatic rings. The summed E-state index contributed by atoms with van der Waals surface area (Å²) >= 11 is 6.03. The fourth-order valence-corrected chi connectivity index (χ4v) is 2.62. The van der Waals surface area contributed by atoms with Gasteiger partial charge in [0.05, 0.1) is 5.52 Å². The number of fused-ring (bicyclic) bond motifs is 1. The van der Waals surface area contributed by atoms with Crippen molar-refractivity contribution in [2.75, 3.05) is 31.6 Å². The summed E-state index contributed by atoms with van der Waals surface area (Å²) in [5.74, 6) is 0. The number of halogens is 1. The number of anilines is 1. The standard InChI is InChI=1S/C17H25ClN4/c1-4-22(5-2)12-19-11-13(3)21-16-8-9-20-17-10-14(18)6-7-15(16)17/h6-10,13,19H,4-5,11-12H2,1-3H3,(H,20,21). The molecule has 0 bridgehead atoms. The van der Waals surface area contributed by atoms with Crippen molar-refractivity contribution in [2.45, 2.75) is 26.8 Å². The van der Waals surface area contributed by atoms with Crippen molar-refractivity contribution >= 4 is 28.2 Å². The Morgan fingerprint density at radius 3 is 2.73 bits per heavy atom.